The van der Waals surface area contributed by atoms with Crippen LogP contribution in [0.25, 0.3) is 6.08 Å². The molecule has 286 valence electrons. The number of nitrogens with two attached hydrogens (primary N) is 1. The number of hydrogen-bond acceptors (Lipinski definition) is 14. The summed E-state index contributed by atoms with van der Waals surface area (Å²) in [5.41, 5.74) is 3.77. The van der Waals surface area contributed by atoms with Gasteiger partial charge in [-0.15, -0.1) is 0 Å². The second kappa shape index (κ2) is 21.7. The van der Waals surface area contributed by atoms with Crippen LogP contribution >= 0.6 is 28.3 Å². The molecular formula is C29H50N4O14P2S. The van der Waals surface area contributed by atoms with Gasteiger partial charge in [-0.25, -0.2) is 13.9 Å². The fraction of sp³-hybridized carbons (Fsp3) is 0.759. The van der Waals surface area contributed by atoms with Crippen LogP contribution in [0.1, 0.15) is 77.4 Å². The Morgan fingerprint density at radius 3 is 2.52 bits per heavy atom. The van der Waals surface area contributed by atoms with Crippen molar-refractivity contribution in [3.8, 4) is 0 Å². The molecule has 8 atom stereocenters. The van der Waals surface area contributed by atoms with Crippen LogP contribution in [0.4, 0.5) is 0 Å². The number of unbranched alkanes of at least 4 members (excludes halogenated alkanes) is 4. The first-order chi connectivity index (χ1) is 24.3. The lowest BCUT2D eigenvalue weighted by atomic mass is 10.1. The van der Waals surface area contributed by atoms with Gasteiger partial charge in [0.2, 0.25) is 5.91 Å². The van der Waals surface area contributed by atoms with Gasteiger partial charge in [-0.3, -0.25) is 37.2 Å². The average Bonchev–Trinajstić information content (AvgIpc) is 3.63. The van der Waals surface area contributed by atoms with Gasteiger partial charge in [0.25, 0.3) is 5.56 Å². The molecule has 0 aromatic carbocycles. The Bertz CT molecular complexity index is 1480. The van der Waals surface area contributed by atoms with Crippen molar-refractivity contribution < 1.29 is 57.8 Å². The number of rotatable bonds is 24. The molecule has 1 aromatic rings. The van der Waals surface area contributed by atoms with E-state index in [2.05, 4.69) is 22.9 Å². The highest BCUT2D eigenvalue weighted by atomic mass is 32.1. The molecule has 0 saturated carbocycles. The largest absolute Gasteiger partial charge is 0.472 e. The van der Waals surface area contributed by atoms with Crippen LogP contribution in [0.15, 0.2) is 21.9 Å². The zero-order valence-corrected chi connectivity index (χ0v) is 30.4. The van der Waals surface area contributed by atoms with E-state index < -0.39 is 76.6 Å². The molecule has 1 aromatic heterocycles. The number of ether oxygens (including phenoxy) is 2. The number of phosphoric acid groups is 2. The highest BCUT2D eigenvalue weighted by Gasteiger charge is 2.44. The zero-order valence-electron chi connectivity index (χ0n) is 28.7. The highest BCUT2D eigenvalue weighted by Crippen LogP contribution is 2.51. The van der Waals surface area contributed by atoms with Crippen molar-refractivity contribution in [3.05, 3.63) is 38.7 Å². The maximum atomic E-state index is 13.1. The smallest absolute Gasteiger partial charge is 0.394 e. The maximum Gasteiger partial charge on any atom is 0.472 e. The van der Waals surface area contributed by atoms with E-state index in [1.165, 1.54) is 12.3 Å². The highest BCUT2D eigenvalue weighted by molar-refractivity contribution is 7.80. The van der Waals surface area contributed by atoms with E-state index in [4.69, 9.17) is 34.7 Å². The van der Waals surface area contributed by atoms with Gasteiger partial charge in [0.15, 0.2) is 0 Å². The van der Waals surface area contributed by atoms with Crippen LogP contribution in [0.5, 0.6) is 0 Å². The molecule has 3 rings (SSSR count). The van der Waals surface area contributed by atoms with Crippen LogP contribution in [0, 0.1) is 0 Å². The Hall–Kier alpha value is -1.70. The number of hydrogen-bond donors (Lipinski definition) is 7. The van der Waals surface area contributed by atoms with E-state index in [1.54, 1.807) is 0 Å². The normalized spacial score (nSPS) is 26.5. The van der Waals surface area contributed by atoms with E-state index >= 15 is 0 Å². The average molecular weight is 775 g/mol. The van der Waals surface area contributed by atoms with Crippen molar-refractivity contribution in [2.45, 2.75) is 94.9 Å². The molecule has 1 amide bonds. The predicted molar refractivity (Wildman–Crippen MR) is 184 cm³/mol. The third-order valence-corrected chi connectivity index (χ3v) is 10.2. The molecule has 8 unspecified atom stereocenters. The molecule has 2 fully saturated rings. The van der Waals surface area contributed by atoms with Crippen LogP contribution in [-0.2, 0) is 41.5 Å². The Kier molecular flexibility index (Phi) is 17.9. The number of phosphoric ester groups is 2. The van der Waals surface area contributed by atoms with E-state index in [9.17, 15) is 38.4 Å². The molecule has 2 saturated heterocycles. The van der Waals surface area contributed by atoms with Crippen molar-refractivity contribution in [1.82, 2.24) is 14.9 Å². The van der Waals surface area contributed by atoms with Gasteiger partial charge in [-0.05, 0) is 56.9 Å². The molecule has 2 aliphatic heterocycles. The molecule has 0 bridgehead atoms. The maximum absolute atomic E-state index is 13.1. The fourth-order valence-electron chi connectivity index (χ4n) is 5.18. The predicted octanol–water partition coefficient (Wildman–Crippen LogP) is 1.75. The minimum absolute atomic E-state index is 0.0319. The molecule has 0 aliphatic carbocycles. The van der Waals surface area contributed by atoms with Gasteiger partial charge in [-0.2, -0.15) is 12.6 Å². The molecule has 21 heteroatoms. The third-order valence-electron chi connectivity index (χ3n) is 7.76. The number of carbonyl (C=O) groups excluding carboxylic acids is 1. The number of carbonyl (C=O) groups is 1. The molecule has 7 N–H and O–H groups in total. The minimum Gasteiger partial charge on any atom is -0.394 e. The number of aliphatic hydroxyl groups is 1. The lowest BCUT2D eigenvalue weighted by molar-refractivity contribution is -0.116. The lowest BCUT2D eigenvalue weighted by Crippen LogP contribution is -2.33. The molecular weight excluding hydrogens is 722 g/mol. The fourth-order valence-corrected chi connectivity index (χ4v) is 7.37. The molecule has 18 nitrogen and oxygen atoms in total. The van der Waals surface area contributed by atoms with Crippen LogP contribution in [-0.4, -0.2) is 100 Å². The zero-order chi connectivity index (χ0) is 37.4. The summed E-state index contributed by atoms with van der Waals surface area (Å²) in [4.78, 5) is 60.4. The number of aromatic nitrogens is 2. The summed E-state index contributed by atoms with van der Waals surface area (Å²) in [6.45, 7) is -0.990. The lowest BCUT2D eigenvalue weighted by Gasteiger charge is -2.24. The van der Waals surface area contributed by atoms with Gasteiger partial charge in [0.05, 0.1) is 39.0 Å². The van der Waals surface area contributed by atoms with Gasteiger partial charge < -0.3 is 35.4 Å². The standard InChI is InChI=1S/C29H50N4O14P2S/c30-12-3-4-13-31-26(35)10-9-21-19-33(29(37)32-28(21)36)27-18-24(47-49(40,41)46-23-11-16-42-25(23)20-34)22(45-27)8-7-15-44-48(38,39)43-14-5-1-2-6-17-50/h9-10,19,22-25,27,34,50H,1-8,11-18,20,30H2,(H,31,35)(H,38,39)(H,40,41)(H,32,36,37)/b10-9+/i16T. The summed E-state index contributed by atoms with van der Waals surface area (Å²) in [5.74, 6) is 0.288. The van der Waals surface area contributed by atoms with Crippen LogP contribution in [0.2, 0.25) is 0 Å². The number of nitrogens with one attached hydrogen (secondary N) is 2. The van der Waals surface area contributed by atoms with Gasteiger partial charge in [-0.1, -0.05) is 12.8 Å². The number of H-pyrrole nitrogens is 1. The first-order valence-electron chi connectivity index (χ1n) is 17.1. The first-order valence-corrected chi connectivity index (χ1v) is 20.2. The molecule has 2 aliphatic rings. The first kappa shape index (κ1) is 41.1. The van der Waals surface area contributed by atoms with E-state index in [0.717, 1.165) is 42.1 Å². The number of amides is 1. The monoisotopic (exact) mass is 774 g/mol. The molecule has 3 heterocycles. The second-order valence-electron chi connectivity index (χ2n) is 11.7. The Morgan fingerprint density at radius 2 is 1.80 bits per heavy atom. The van der Waals surface area contributed by atoms with Crippen molar-refractivity contribution >= 4 is 40.3 Å². The Labute approximate surface area is 297 Å². The van der Waals surface area contributed by atoms with Crippen molar-refractivity contribution in [3.63, 3.8) is 0 Å². The van der Waals surface area contributed by atoms with Crippen molar-refractivity contribution in [2.75, 3.05) is 45.2 Å². The van der Waals surface area contributed by atoms with Gasteiger partial charge in [0, 0.05) is 38.2 Å². The summed E-state index contributed by atoms with van der Waals surface area (Å²) in [5, 5.41) is 12.2. The summed E-state index contributed by atoms with van der Waals surface area (Å²) in [7, 11) is -9.23. The molecule has 0 radical (unpaired) electrons. The van der Waals surface area contributed by atoms with Crippen molar-refractivity contribution in [2.24, 2.45) is 5.73 Å². The number of nitrogens with zero attached hydrogens (tertiary/aromatic N) is 1. The summed E-state index contributed by atoms with van der Waals surface area (Å²) in [6.07, 6.45) is 2.58. The van der Waals surface area contributed by atoms with Gasteiger partial charge in [0.1, 0.15) is 18.4 Å². The van der Waals surface area contributed by atoms with Crippen LogP contribution < -0.4 is 22.3 Å². The van der Waals surface area contributed by atoms with Gasteiger partial charge >= 0.3 is 21.3 Å². The Balaban J connectivity index is 1.70. The number of aromatic amines is 1. The summed E-state index contributed by atoms with van der Waals surface area (Å²) < 4.78 is 66.3. The summed E-state index contributed by atoms with van der Waals surface area (Å²) in [6, 6.07) is 0. The second-order valence-corrected chi connectivity index (χ2v) is 14.9. The van der Waals surface area contributed by atoms with Crippen LogP contribution in [0.3, 0.4) is 0 Å². The topological polar surface area (TPSA) is 260 Å². The number of thiol groups is 1. The van der Waals surface area contributed by atoms with E-state index in [1.807, 2.05) is 0 Å². The summed E-state index contributed by atoms with van der Waals surface area (Å²) >= 11 is 4.14. The van der Waals surface area contributed by atoms with E-state index in [-0.39, 0.29) is 44.5 Å². The quantitative estimate of drug-likeness (QED) is 0.0342. The Morgan fingerprint density at radius 1 is 1.08 bits per heavy atom. The SMILES string of the molecule is [3H]C1CC(OP(=O)(O)OC2CC(n3cc(/C=C/C(=O)NCCCCN)c(=O)[nH]c3=O)OC2CCCOP(=O)(O)OCCCCCCS)C(CO)O1. The molecule has 50 heavy (non-hydrogen) atoms. The third kappa shape index (κ3) is 14.7. The number of aliphatic hydroxyl groups excluding tert-OH is 1. The minimum atomic E-state index is -4.88. The van der Waals surface area contributed by atoms with Crippen molar-refractivity contribution in [1.29, 1.82) is 0 Å². The van der Waals surface area contributed by atoms with E-state index in [0.29, 0.717) is 25.9 Å². The molecule has 0 spiro atoms.